The summed E-state index contributed by atoms with van der Waals surface area (Å²) in [5, 5.41) is 0. The van der Waals surface area contributed by atoms with Crippen molar-refractivity contribution in [3.8, 4) is 0 Å². The highest BCUT2D eigenvalue weighted by molar-refractivity contribution is 7.80. The van der Waals surface area contributed by atoms with E-state index in [0.717, 1.165) is 30.9 Å². The van der Waals surface area contributed by atoms with E-state index in [2.05, 4.69) is 28.9 Å². The van der Waals surface area contributed by atoms with Gasteiger partial charge in [0.15, 0.2) is 0 Å². The molecule has 0 amide bonds. The van der Waals surface area contributed by atoms with Crippen LogP contribution in [0.1, 0.15) is 12.0 Å². The zero-order valence-corrected chi connectivity index (χ0v) is 11.1. The molecule has 0 bridgehead atoms. The summed E-state index contributed by atoms with van der Waals surface area (Å²) in [6.07, 6.45) is 2.94. The van der Waals surface area contributed by atoms with Crippen LogP contribution in [0.15, 0.2) is 18.3 Å². The largest absolute Gasteiger partial charge is 0.389 e. The van der Waals surface area contributed by atoms with Crippen molar-refractivity contribution in [3.63, 3.8) is 0 Å². The molecule has 0 aromatic carbocycles. The molecule has 1 atom stereocenters. The zero-order chi connectivity index (χ0) is 12.4. The van der Waals surface area contributed by atoms with Gasteiger partial charge >= 0.3 is 0 Å². The number of nitrogens with zero attached hydrogens (tertiary/aromatic N) is 3. The smallest absolute Gasteiger partial charge is 0.138 e. The Morgan fingerprint density at radius 3 is 2.94 bits per heavy atom. The first-order valence-electron chi connectivity index (χ1n) is 5.76. The van der Waals surface area contributed by atoms with Gasteiger partial charge in [0.2, 0.25) is 0 Å². The lowest BCUT2D eigenvalue weighted by molar-refractivity contribution is 0.315. The lowest BCUT2D eigenvalue weighted by Gasteiger charge is -2.22. The molecule has 92 valence electrons. The molecule has 1 unspecified atom stereocenters. The highest BCUT2D eigenvalue weighted by Crippen LogP contribution is 2.23. The van der Waals surface area contributed by atoms with Gasteiger partial charge in [-0.05, 0) is 32.6 Å². The molecule has 0 saturated carbocycles. The van der Waals surface area contributed by atoms with E-state index in [-0.39, 0.29) is 0 Å². The summed E-state index contributed by atoms with van der Waals surface area (Å²) in [4.78, 5) is 9.35. The maximum atomic E-state index is 5.73. The molecule has 1 saturated heterocycles. The number of hydrogen-bond acceptors (Lipinski definition) is 4. The molecule has 2 heterocycles. The van der Waals surface area contributed by atoms with Crippen LogP contribution in [0, 0.1) is 0 Å². The molecular weight excluding hydrogens is 232 g/mol. The first kappa shape index (κ1) is 12.3. The van der Waals surface area contributed by atoms with Gasteiger partial charge in [-0.25, -0.2) is 4.98 Å². The van der Waals surface area contributed by atoms with Crippen molar-refractivity contribution < 1.29 is 0 Å². The number of hydrogen-bond donors (Lipinski definition) is 1. The van der Waals surface area contributed by atoms with Crippen molar-refractivity contribution in [3.05, 3.63) is 23.9 Å². The van der Waals surface area contributed by atoms with Crippen molar-refractivity contribution in [2.45, 2.75) is 12.5 Å². The van der Waals surface area contributed by atoms with E-state index in [1.165, 1.54) is 0 Å². The molecule has 1 aromatic heterocycles. The molecule has 2 rings (SSSR count). The topological polar surface area (TPSA) is 45.4 Å². The van der Waals surface area contributed by atoms with Crippen molar-refractivity contribution in [1.82, 2.24) is 9.88 Å². The summed E-state index contributed by atoms with van der Waals surface area (Å²) < 4.78 is 0. The minimum atomic E-state index is 0.418. The summed E-state index contributed by atoms with van der Waals surface area (Å²) in [5.74, 6) is 0.921. The van der Waals surface area contributed by atoms with Gasteiger partial charge in [0.05, 0.1) is 5.56 Å². The van der Waals surface area contributed by atoms with Crippen LogP contribution < -0.4 is 10.6 Å². The van der Waals surface area contributed by atoms with Crippen molar-refractivity contribution >= 4 is 23.0 Å². The Bertz CT molecular complexity index is 419. The molecule has 0 spiro atoms. The maximum Gasteiger partial charge on any atom is 0.138 e. The van der Waals surface area contributed by atoms with Crippen molar-refractivity contribution in [2.24, 2.45) is 5.73 Å². The van der Waals surface area contributed by atoms with Crippen LogP contribution >= 0.6 is 12.2 Å². The lowest BCUT2D eigenvalue weighted by Crippen LogP contribution is -2.32. The molecule has 17 heavy (non-hydrogen) atoms. The van der Waals surface area contributed by atoms with Crippen LogP contribution in [0.3, 0.4) is 0 Å². The molecule has 0 aliphatic carbocycles. The third-order valence-electron chi connectivity index (χ3n) is 3.25. The van der Waals surface area contributed by atoms with Gasteiger partial charge in [0, 0.05) is 25.3 Å². The Morgan fingerprint density at radius 2 is 2.35 bits per heavy atom. The van der Waals surface area contributed by atoms with E-state index in [0.29, 0.717) is 11.0 Å². The maximum absolute atomic E-state index is 5.73. The normalized spacial score (nSPS) is 19.9. The summed E-state index contributed by atoms with van der Waals surface area (Å²) in [7, 11) is 4.22. The fraction of sp³-hybridized carbons (Fsp3) is 0.500. The van der Waals surface area contributed by atoms with Crippen LogP contribution in [0.4, 0.5) is 5.82 Å². The van der Waals surface area contributed by atoms with Crippen LogP contribution in [-0.2, 0) is 0 Å². The highest BCUT2D eigenvalue weighted by atomic mass is 32.1. The molecule has 2 N–H and O–H groups in total. The second-order valence-corrected chi connectivity index (χ2v) is 5.03. The third-order valence-corrected chi connectivity index (χ3v) is 3.47. The number of aromatic nitrogens is 1. The molecule has 0 radical (unpaired) electrons. The predicted molar refractivity (Wildman–Crippen MR) is 74.4 cm³/mol. The van der Waals surface area contributed by atoms with Gasteiger partial charge in [-0.3, -0.25) is 0 Å². The van der Waals surface area contributed by atoms with Gasteiger partial charge in [0.25, 0.3) is 0 Å². The molecule has 1 aliphatic heterocycles. The number of anilines is 1. The Kier molecular flexibility index (Phi) is 3.59. The van der Waals surface area contributed by atoms with E-state index < -0.39 is 0 Å². The van der Waals surface area contributed by atoms with Gasteiger partial charge in [-0.1, -0.05) is 12.2 Å². The van der Waals surface area contributed by atoms with Gasteiger partial charge in [0.1, 0.15) is 10.8 Å². The molecule has 5 heteroatoms. The molecule has 1 aromatic rings. The van der Waals surface area contributed by atoms with Crippen LogP contribution in [0.25, 0.3) is 0 Å². The predicted octanol–water partition coefficient (Wildman–Crippen LogP) is 0.856. The van der Waals surface area contributed by atoms with Crippen LogP contribution in [0.5, 0.6) is 0 Å². The number of rotatable bonds is 3. The van der Waals surface area contributed by atoms with Crippen molar-refractivity contribution in [1.29, 1.82) is 0 Å². The summed E-state index contributed by atoms with van der Waals surface area (Å²) >= 11 is 5.07. The second kappa shape index (κ2) is 4.98. The van der Waals surface area contributed by atoms with E-state index in [9.17, 15) is 0 Å². The Morgan fingerprint density at radius 1 is 1.59 bits per heavy atom. The quantitative estimate of drug-likeness (QED) is 0.806. The number of pyridine rings is 1. The van der Waals surface area contributed by atoms with Crippen LogP contribution in [-0.4, -0.2) is 48.1 Å². The number of likely N-dealkylation sites (N-methyl/N-ethyl adjacent to an activating group) is 1. The number of nitrogens with two attached hydrogens (primary N) is 1. The van der Waals surface area contributed by atoms with Crippen LogP contribution in [0.2, 0.25) is 0 Å². The molecule has 1 aliphatic rings. The third kappa shape index (κ3) is 2.56. The van der Waals surface area contributed by atoms with E-state index >= 15 is 0 Å². The first-order chi connectivity index (χ1) is 8.09. The Balaban J connectivity index is 2.21. The second-order valence-electron chi connectivity index (χ2n) is 4.59. The zero-order valence-electron chi connectivity index (χ0n) is 10.3. The van der Waals surface area contributed by atoms with Crippen molar-refractivity contribution in [2.75, 3.05) is 32.1 Å². The van der Waals surface area contributed by atoms with E-state index in [1.54, 1.807) is 6.20 Å². The molecule has 4 nitrogen and oxygen atoms in total. The van der Waals surface area contributed by atoms with E-state index in [1.807, 2.05) is 12.1 Å². The van der Waals surface area contributed by atoms with Gasteiger partial charge in [-0.2, -0.15) is 0 Å². The molecule has 1 fully saturated rings. The monoisotopic (exact) mass is 250 g/mol. The standard InChI is InChI=1S/C12H18N4S/c1-15(2)9-5-7-16(8-9)12-10(11(13)17)4-3-6-14-12/h3-4,6,9H,5,7-8H2,1-2H3,(H2,13,17). The average Bonchev–Trinajstić information content (AvgIpc) is 2.78. The van der Waals surface area contributed by atoms with Gasteiger partial charge in [-0.15, -0.1) is 0 Å². The number of thiocarbonyl (C=S) groups is 1. The minimum absolute atomic E-state index is 0.418. The first-order valence-corrected chi connectivity index (χ1v) is 6.16. The minimum Gasteiger partial charge on any atom is -0.389 e. The Hall–Kier alpha value is -1.20. The van der Waals surface area contributed by atoms with E-state index in [4.69, 9.17) is 18.0 Å². The fourth-order valence-electron chi connectivity index (χ4n) is 2.20. The molecular formula is C12H18N4S. The summed E-state index contributed by atoms with van der Waals surface area (Å²) in [6, 6.07) is 4.39. The SMILES string of the molecule is CN(C)C1CCN(c2ncccc2C(N)=S)C1. The highest BCUT2D eigenvalue weighted by Gasteiger charge is 2.26. The lowest BCUT2D eigenvalue weighted by atomic mass is 10.2. The van der Waals surface area contributed by atoms with Gasteiger partial charge < -0.3 is 15.5 Å². The Labute approximate surface area is 107 Å². The fourth-order valence-corrected chi connectivity index (χ4v) is 2.36. The summed E-state index contributed by atoms with van der Waals surface area (Å²) in [5.41, 5.74) is 6.61. The average molecular weight is 250 g/mol. The summed E-state index contributed by atoms with van der Waals surface area (Å²) in [6.45, 7) is 2.00.